The number of ether oxygens (including phenoxy) is 1. The number of hydrogen-bond donors (Lipinski definition) is 0. The Morgan fingerprint density at radius 3 is 2.70 bits per heavy atom. The molecule has 1 unspecified atom stereocenters. The zero-order valence-corrected chi connectivity index (χ0v) is 18.8. The van der Waals surface area contributed by atoms with Crippen molar-refractivity contribution in [3.63, 3.8) is 0 Å². The summed E-state index contributed by atoms with van der Waals surface area (Å²) in [6.07, 6.45) is 2.86. The summed E-state index contributed by atoms with van der Waals surface area (Å²) in [5.74, 6) is 0.850. The lowest BCUT2D eigenvalue weighted by Crippen LogP contribution is -2.49. The van der Waals surface area contributed by atoms with Crippen molar-refractivity contribution in [1.29, 1.82) is 0 Å². The maximum Gasteiger partial charge on any atom is 0.242 e. The van der Waals surface area contributed by atoms with Gasteiger partial charge >= 0.3 is 0 Å². The summed E-state index contributed by atoms with van der Waals surface area (Å²) in [7, 11) is 0. The molecule has 0 saturated heterocycles. The van der Waals surface area contributed by atoms with Crippen molar-refractivity contribution in [3.05, 3.63) is 51.7 Å². The maximum absolute atomic E-state index is 13.4. The highest BCUT2D eigenvalue weighted by molar-refractivity contribution is 7.10. The average molecular weight is 427 g/mol. The van der Waals surface area contributed by atoms with Crippen LogP contribution in [-0.4, -0.2) is 47.4 Å². The van der Waals surface area contributed by atoms with Crippen LogP contribution in [0.5, 0.6) is 5.75 Å². The average Bonchev–Trinajstić information content (AvgIpc) is 3.46. The van der Waals surface area contributed by atoms with Crippen LogP contribution < -0.4 is 4.74 Å². The summed E-state index contributed by atoms with van der Waals surface area (Å²) in [4.78, 5) is 31.1. The molecule has 0 radical (unpaired) electrons. The van der Waals surface area contributed by atoms with Gasteiger partial charge in [0.15, 0.2) is 0 Å². The zero-order valence-electron chi connectivity index (χ0n) is 18.0. The van der Waals surface area contributed by atoms with E-state index in [2.05, 4.69) is 11.4 Å². The first-order valence-electron chi connectivity index (χ1n) is 10.8. The summed E-state index contributed by atoms with van der Waals surface area (Å²) in [5.41, 5.74) is 2.26. The number of thiophene rings is 1. The molecule has 4 rings (SSSR count). The zero-order chi connectivity index (χ0) is 21.3. The molecule has 0 N–H and O–H groups in total. The predicted octanol–water partition coefficient (Wildman–Crippen LogP) is 4.21. The lowest BCUT2D eigenvalue weighted by atomic mass is 10.00. The number of carbonyl (C=O) groups is 2. The molecule has 160 valence electrons. The maximum atomic E-state index is 13.4. The molecule has 2 aromatic rings. The van der Waals surface area contributed by atoms with Crippen LogP contribution in [-0.2, 0) is 16.0 Å². The van der Waals surface area contributed by atoms with Gasteiger partial charge in [-0.25, -0.2) is 0 Å². The Labute approximate surface area is 182 Å². The van der Waals surface area contributed by atoms with Gasteiger partial charge in [0, 0.05) is 23.4 Å². The van der Waals surface area contributed by atoms with E-state index in [1.165, 1.54) is 10.4 Å². The van der Waals surface area contributed by atoms with Gasteiger partial charge in [-0.3, -0.25) is 9.59 Å². The summed E-state index contributed by atoms with van der Waals surface area (Å²) in [6.45, 7) is 7.09. The molecule has 1 fully saturated rings. The second-order valence-electron chi connectivity index (χ2n) is 8.58. The Morgan fingerprint density at radius 2 is 2.00 bits per heavy atom. The van der Waals surface area contributed by atoms with E-state index < -0.39 is 0 Å². The first kappa shape index (κ1) is 20.9. The lowest BCUT2D eigenvalue weighted by Gasteiger charge is -2.37. The molecular weight excluding hydrogens is 396 g/mol. The van der Waals surface area contributed by atoms with E-state index in [-0.39, 0.29) is 36.4 Å². The molecule has 1 aliphatic carbocycles. The fraction of sp³-hybridized carbons (Fsp3) is 0.500. The molecular formula is C24H30N2O3S. The van der Waals surface area contributed by atoms with Crippen LogP contribution in [0.4, 0.5) is 0 Å². The molecule has 2 aliphatic rings. The Morgan fingerprint density at radius 1 is 1.23 bits per heavy atom. The normalized spacial score (nSPS) is 18.3. The van der Waals surface area contributed by atoms with Crippen LogP contribution in [0, 0.1) is 12.8 Å². The number of aryl methyl sites for hydroxylation is 1. The van der Waals surface area contributed by atoms with Crippen molar-refractivity contribution in [2.45, 2.75) is 52.1 Å². The second-order valence-corrected chi connectivity index (χ2v) is 9.58. The van der Waals surface area contributed by atoms with Gasteiger partial charge in [-0.1, -0.05) is 32.0 Å². The third-order valence-corrected chi connectivity index (χ3v) is 6.97. The van der Waals surface area contributed by atoms with Crippen molar-refractivity contribution in [3.8, 4) is 5.75 Å². The minimum atomic E-state index is -0.123. The molecule has 0 bridgehead atoms. The molecule has 0 spiro atoms. The van der Waals surface area contributed by atoms with Crippen molar-refractivity contribution < 1.29 is 14.3 Å². The molecule has 2 amide bonds. The van der Waals surface area contributed by atoms with Gasteiger partial charge in [0.1, 0.15) is 18.9 Å². The first-order valence-corrected chi connectivity index (χ1v) is 11.7. The van der Waals surface area contributed by atoms with Gasteiger partial charge < -0.3 is 14.5 Å². The van der Waals surface area contributed by atoms with Gasteiger partial charge in [-0.2, -0.15) is 0 Å². The van der Waals surface area contributed by atoms with E-state index in [1.807, 2.05) is 49.9 Å². The number of rotatable bonds is 7. The van der Waals surface area contributed by atoms with Crippen LogP contribution in [0.15, 0.2) is 35.7 Å². The van der Waals surface area contributed by atoms with Crippen LogP contribution in [0.3, 0.4) is 0 Å². The van der Waals surface area contributed by atoms with Gasteiger partial charge in [0.25, 0.3) is 0 Å². The van der Waals surface area contributed by atoms with Crippen molar-refractivity contribution in [1.82, 2.24) is 9.80 Å². The largest absolute Gasteiger partial charge is 0.491 e. The van der Waals surface area contributed by atoms with E-state index in [1.54, 1.807) is 16.2 Å². The van der Waals surface area contributed by atoms with E-state index in [0.29, 0.717) is 13.2 Å². The lowest BCUT2D eigenvalue weighted by molar-refractivity contribution is -0.144. The highest BCUT2D eigenvalue weighted by Crippen LogP contribution is 2.35. The van der Waals surface area contributed by atoms with Crippen molar-refractivity contribution in [2.75, 3.05) is 19.7 Å². The number of fused-ring (bicyclic) bond motifs is 1. The number of nitrogens with zero attached hydrogens (tertiary/aromatic N) is 2. The third-order valence-electron chi connectivity index (χ3n) is 5.98. The van der Waals surface area contributed by atoms with Gasteiger partial charge in [-0.05, 0) is 54.8 Å². The van der Waals surface area contributed by atoms with E-state index in [4.69, 9.17) is 4.74 Å². The molecule has 1 saturated carbocycles. The molecule has 1 aromatic carbocycles. The summed E-state index contributed by atoms with van der Waals surface area (Å²) in [5, 5.41) is 2.10. The Bertz CT molecular complexity index is 919. The van der Waals surface area contributed by atoms with Crippen LogP contribution in [0.25, 0.3) is 0 Å². The van der Waals surface area contributed by atoms with E-state index >= 15 is 0 Å². The minimum absolute atomic E-state index is 0.0196. The topological polar surface area (TPSA) is 49.9 Å². The quantitative estimate of drug-likeness (QED) is 0.666. The first-order chi connectivity index (χ1) is 14.5. The van der Waals surface area contributed by atoms with Gasteiger partial charge in [-0.15, -0.1) is 11.3 Å². The number of benzene rings is 1. The van der Waals surface area contributed by atoms with E-state index in [9.17, 15) is 9.59 Å². The van der Waals surface area contributed by atoms with Gasteiger partial charge in [0.2, 0.25) is 11.8 Å². The number of carbonyl (C=O) groups excluding carboxylic acids is 2. The Kier molecular flexibility index (Phi) is 6.14. The number of hydrogen-bond acceptors (Lipinski definition) is 4. The van der Waals surface area contributed by atoms with Crippen LogP contribution in [0.1, 0.15) is 48.7 Å². The summed E-state index contributed by atoms with van der Waals surface area (Å²) < 4.78 is 6.16. The molecule has 6 heteroatoms. The fourth-order valence-electron chi connectivity index (χ4n) is 4.10. The molecule has 2 heterocycles. The Balaban J connectivity index is 1.52. The monoisotopic (exact) mass is 426 g/mol. The minimum Gasteiger partial charge on any atom is -0.491 e. The second kappa shape index (κ2) is 8.80. The summed E-state index contributed by atoms with van der Waals surface area (Å²) in [6, 6.07) is 10.2. The predicted molar refractivity (Wildman–Crippen MR) is 119 cm³/mol. The van der Waals surface area contributed by atoms with Crippen molar-refractivity contribution >= 4 is 23.2 Å². The highest BCUT2D eigenvalue weighted by atomic mass is 32.1. The molecule has 5 nitrogen and oxygen atoms in total. The smallest absolute Gasteiger partial charge is 0.242 e. The van der Waals surface area contributed by atoms with Crippen molar-refractivity contribution in [2.24, 2.45) is 5.92 Å². The highest BCUT2D eigenvalue weighted by Gasteiger charge is 2.38. The summed E-state index contributed by atoms with van der Waals surface area (Å²) >= 11 is 1.75. The third kappa shape index (κ3) is 4.38. The fourth-order valence-corrected chi connectivity index (χ4v) is 5.03. The SMILES string of the molecule is Cc1ccccc1OCC1c2ccsc2CCN1C(=O)CN(C(=O)C(C)C)C1CC1. The molecule has 1 aromatic heterocycles. The number of para-hydroxylation sites is 1. The Hall–Kier alpha value is -2.34. The van der Waals surface area contributed by atoms with E-state index in [0.717, 1.165) is 30.6 Å². The van der Waals surface area contributed by atoms with Gasteiger partial charge in [0.05, 0.1) is 6.04 Å². The molecule has 1 atom stereocenters. The molecule has 1 aliphatic heterocycles. The standard InChI is InChI=1S/C24H30N2O3S/c1-16(2)24(28)26(18-8-9-18)14-23(27)25-12-10-22-19(11-13-30-22)20(25)15-29-21-7-5-4-6-17(21)3/h4-7,11,13,16,18,20H,8-10,12,14-15H2,1-3H3. The molecule has 30 heavy (non-hydrogen) atoms. The van der Waals surface area contributed by atoms with Crippen LogP contribution in [0.2, 0.25) is 0 Å². The van der Waals surface area contributed by atoms with Crippen LogP contribution >= 0.6 is 11.3 Å². The number of amides is 2.